The molecule has 1 heterocycles. The number of fused-ring (bicyclic) bond motifs is 1. The number of anilines is 1. The Labute approximate surface area is 179 Å². The van der Waals surface area contributed by atoms with E-state index < -0.39 is 0 Å². The van der Waals surface area contributed by atoms with E-state index in [0.29, 0.717) is 25.4 Å². The van der Waals surface area contributed by atoms with E-state index in [2.05, 4.69) is 31.3 Å². The highest BCUT2D eigenvalue weighted by Crippen LogP contribution is 2.27. The van der Waals surface area contributed by atoms with Crippen molar-refractivity contribution in [2.24, 2.45) is 5.73 Å². The fourth-order valence-electron chi connectivity index (χ4n) is 3.51. The molecule has 1 atom stereocenters. The van der Waals surface area contributed by atoms with Gasteiger partial charge in [0.15, 0.2) is 0 Å². The van der Waals surface area contributed by atoms with Crippen LogP contribution in [-0.4, -0.2) is 24.9 Å². The average Bonchev–Trinajstić information content (AvgIpc) is 2.71. The third-order valence-electron chi connectivity index (χ3n) is 5.30. The first kappa shape index (κ1) is 22.9. The Kier molecular flexibility index (Phi) is 8.23. The minimum Gasteiger partial charge on any atom is -0.354 e. The number of halogens is 1. The van der Waals surface area contributed by atoms with Gasteiger partial charge in [-0.25, -0.2) is 0 Å². The molecule has 0 fully saturated rings. The third-order valence-corrected chi connectivity index (χ3v) is 5.30. The van der Waals surface area contributed by atoms with Crippen LogP contribution in [0.1, 0.15) is 55.3 Å². The lowest BCUT2D eigenvalue weighted by Crippen LogP contribution is -2.39. The van der Waals surface area contributed by atoms with Gasteiger partial charge in [0.2, 0.25) is 11.8 Å². The molecule has 0 radical (unpaired) electrons. The molecule has 3 rings (SSSR count). The highest BCUT2D eigenvalue weighted by molar-refractivity contribution is 5.97. The summed E-state index contributed by atoms with van der Waals surface area (Å²) in [4.78, 5) is 26.3. The number of carbonyl (C=O) groups is 2. The van der Waals surface area contributed by atoms with Crippen LogP contribution in [0.4, 0.5) is 5.69 Å². The minimum atomic E-state index is -0.248. The standard InChI is InChI=1S/C23H29N3O2.ClH/c1-16(2)17-7-9-18(10-8-17)20(24)15-25-22(27)13-14-26-21-6-4-3-5-19(21)11-12-23(26)28;/h3-10,16,20H,11-15,24H2,1-2H3,(H,25,27);1H. The largest absolute Gasteiger partial charge is 0.354 e. The van der Waals surface area contributed by atoms with Crippen molar-refractivity contribution in [3.63, 3.8) is 0 Å². The van der Waals surface area contributed by atoms with Crippen LogP contribution in [0.25, 0.3) is 0 Å². The first-order valence-electron chi connectivity index (χ1n) is 9.96. The van der Waals surface area contributed by atoms with Crippen molar-refractivity contribution in [1.82, 2.24) is 5.32 Å². The maximum atomic E-state index is 12.3. The van der Waals surface area contributed by atoms with Crippen molar-refractivity contribution < 1.29 is 9.59 Å². The van der Waals surface area contributed by atoms with Crippen LogP contribution >= 0.6 is 12.4 Å². The molecule has 2 amide bonds. The molecule has 6 heteroatoms. The summed E-state index contributed by atoms with van der Waals surface area (Å²) in [5, 5.41) is 2.89. The maximum Gasteiger partial charge on any atom is 0.227 e. The molecule has 0 spiro atoms. The number of hydrogen-bond donors (Lipinski definition) is 2. The Morgan fingerprint density at radius 1 is 1.07 bits per heavy atom. The van der Waals surface area contributed by atoms with Gasteiger partial charge >= 0.3 is 0 Å². The lowest BCUT2D eigenvalue weighted by Gasteiger charge is -2.29. The van der Waals surface area contributed by atoms with Gasteiger partial charge in [-0.3, -0.25) is 9.59 Å². The fraction of sp³-hybridized carbons (Fsp3) is 0.391. The van der Waals surface area contributed by atoms with Crippen LogP contribution < -0.4 is 16.0 Å². The number of nitrogens with zero attached hydrogens (tertiary/aromatic N) is 1. The van der Waals surface area contributed by atoms with Crippen molar-refractivity contribution in [3.8, 4) is 0 Å². The second-order valence-corrected chi connectivity index (χ2v) is 7.66. The Bertz CT molecular complexity index is 836. The van der Waals surface area contributed by atoms with Gasteiger partial charge in [0.1, 0.15) is 0 Å². The summed E-state index contributed by atoms with van der Waals surface area (Å²) in [6.07, 6.45) is 1.52. The molecular weight excluding hydrogens is 386 g/mol. The topological polar surface area (TPSA) is 75.4 Å². The summed E-state index contributed by atoms with van der Waals surface area (Å²) < 4.78 is 0. The average molecular weight is 416 g/mol. The van der Waals surface area contributed by atoms with E-state index >= 15 is 0 Å². The molecule has 156 valence electrons. The zero-order chi connectivity index (χ0) is 20.1. The highest BCUT2D eigenvalue weighted by atomic mass is 35.5. The molecule has 2 aromatic carbocycles. The number of rotatable bonds is 7. The Morgan fingerprint density at radius 3 is 2.41 bits per heavy atom. The number of nitrogens with one attached hydrogen (secondary N) is 1. The van der Waals surface area contributed by atoms with Crippen LogP contribution in [0.2, 0.25) is 0 Å². The molecule has 0 aromatic heterocycles. The zero-order valence-corrected chi connectivity index (χ0v) is 17.9. The van der Waals surface area contributed by atoms with E-state index in [1.807, 2.05) is 36.4 Å². The van der Waals surface area contributed by atoms with E-state index in [1.54, 1.807) is 4.90 Å². The molecule has 2 aromatic rings. The number of benzene rings is 2. The Morgan fingerprint density at radius 2 is 1.72 bits per heavy atom. The molecule has 0 saturated carbocycles. The van der Waals surface area contributed by atoms with E-state index in [0.717, 1.165) is 23.2 Å². The minimum absolute atomic E-state index is 0. The van der Waals surface area contributed by atoms with Gasteiger partial charge in [0.05, 0.1) is 0 Å². The summed E-state index contributed by atoms with van der Waals surface area (Å²) in [5.74, 6) is 0.464. The predicted octanol–water partition coefficient (Wildman–Crippen LogP) is 3.72. The van der Waals surface area contributed by atoms with Crippen molar-refractivity contribution in [2.45, 2.75) is 45.1 Å². The van der Waals surface area contributed by atoms with Gasteiger partial charge in [0, 0.05) is 37.7 Å². The first-order chi connectivity index (χ1) is 13.5. The molecule has 1 aliphatic rings. The Hall–Kier alpha value is -2.37. The second kappa shape index (κ2) is 10.4. The van der Waals surface area contributed by atoms with Gasteiger partial charge in [-0.1, -0.05) is 56.3 Å². The molecule has 29 heavy (non-hydrogen) atoms. The van der Waals surface area contributed by atoms with Gasteiger partial charge in [-0.05, 0) is 35.1 Å². The maximum absolute atomic E-state index is 12.3. The van der Waals surface area contributed by atoms with Crippen LogP contribution in [0.3, 0.4) is 0 Å². The molecule has 0 saturated heterocycles. The molecule has 5 nitrogen and oxygen atoms in total. The number of hydrogen-bond acceptors (Lipinski definition) is 3. The summed E-state index contributed by atoms with van der Waals surface area (Å²) in [5.41, 5.74) is 10.6. The highest BCUT2D eigenvalue weighted by Gasteiger charge is 2.24. The molecule has 0 aliphatic carbocycles. The lowest BCUT2D eigenvalue weighted by atomic mass is 9.99. The molecule has 3 N–H and O–H groups in total. The van der Waals surface area contributed by atoms with Crippen LogP contribution in [0.15, 0.2) is 48.5 Å². The van der Waals surface area contributed by atoms with Crippen molar-refractivity contribution in [3.05, 3.63) is 65.2 Å². The van der Waals surface area contributed by atoms with Gasteiger partial charge in [-0.15, -0.1) is 12.4 Å². The summed E-state index contributed by atoms with van der Waals surface area (Å²) >= 11 is 0. The summed E-state index contributed by atoms with van der Waals surface area (Å²) in [6.45, 7) is 5.08. The third kappa shape index (κ3) is 5.81. The fourth-order valence-corrected chi connectivity index (χ4v) is 3.51. The van der Waals surface area contributed by atoms with Gasteiger partial charge in [-0.2, -0.15) is 0 Å². The number of amides is 2. The SMILES string of the molecule is CC(C)c1ccc(C(N)CNC(=O)CCN2C(=O)CCc3ccccc32)cc1.Cl. The molecule has 1 aliphatic heterocycles. The molecular formula is C23H30ClN3O2. The summed E-state index contributed by atoms with van der Waals surface area (Å²) in [7, 11) is 0. The lowest BCUT2D eigenvalue weighted by molar-refractivity contribution is -0.121. The smallest absolute Gasteiger partial charge is 0.227 e. The quantitative estimate of drug-likeness (QED) is 0.723. The van der Waals surface area contributed by atoms with E-state index in [1.165, 1.54) is 5.56 Å². The number of para-hydroxylation sites is 1. The number of nitrogens with two attached hydrogens (primary N) is 1. The number of aryl methyl sites for hydroxylation is 1. The van der Waals surface area contributed by atoms with E-state index in [9.17, 15) is 9.59 Å². The Balaban J connectivity index is 0.00000300. The van der Waals surface area contributed by atoms with Gasteiger partial charge in [0.25, 0.3) is 0 Å². The van der Waals surface area contributed by atoms with E-state index in [4.69, 9.17) is 5.73 Å². The summed E-state index contributed by atoms with van der Waals surface area (Å²) in [6, 6.07) is 15.9. The normalized spacial score (nSPS) is 14.2. The van der Waals surface area contributed by atoms with Gasteiger partial charge < -0.3 is 16.0 Å². The second-order valence-electron chi connectivity index (χ2n) is 7.66. The van der Waals surface area contributed by atoms with Crippen molar-refractivity contribution in [2.75, 3.05) is 18.0 Å². The predicted molar refractivity (Wildman–Crippen MR) is 119 cm³/mol. The van der Waals surface area contributed by atoms with Crippen molar-refractivity contribution >= 4 is 29.9 Å². The van der Waals surface area contributed by atoms with Crippen LogP contribution in [0.5, 0.6) is 0 Å². The number of carbonyl (C=O) groups excluding carboxylic acids is 2. The van der Waals surface area contributed by atoms with Crippen LogP contribution in [0, 0.1) is 0 Å². The van der Waals surface area contributed by atoms with Crippen molar-refractivity contribution in [1.29, 1.82) is 0 Å². The zero-order valence-electron chi connectivity index (χ0n) is 17.1. The van der Waals surface area contributed by atoms with E-state index in [-0.39, 0.29) is 36.7 Å². The monoisotopic (exact) mass is 415 g/mol. The molecule has 1 unspecified atom stereocenters. The first-order valence-corrected chi connectivity index (χ1v) is 9.96. The van der Waals surface area contributed by atoms with Crippen LogP contribution in [-0.2, 0) is 16.0 Å². The molecule has 0 bridgehead atoms.